The van der Waals surface area contributed by atoms with Gasteiger partial charge in [-0.2, -0.15) is 13.2 Å². The molecule has 3 nitrogen and oxygen atoms in total. The number of thioether (sulfide) groups is 1. The molecule has 0 atom stereocenters. The van der Waals surface area contributed by atoms with Gasteiger partial charge in [0.1, 0.15) is 5.03 Å². The Balaban J connectivity index is 2.19. The highest BCUT2D eigenvalue weighted by Crippen LogP contribution is 2.29. The summed E-state index contributed by atoms with van der Waals surface area (Å²) in [7, 11) is 0. The largest absolute Gasteiger partial charge is 0.398 e. The summed E-state index contributed by atoms with van der Waals surface area (Å²) in [5, 5.41) is 2.72. The molecule has 1 N–H and O–H groups in total. The van der Waals surface area contributed by atoms with Crippen LogP contribution in [0.1, 0.15) is 15.9 Å². The fourth-order valence-electron chi connectivity index (χ4n) is 1.74. The minimum atomic E-state index is -4.32. The van der Waals surface area contributed by atoms with E-state index in [9.17, 15) is 18.0 Å². The highest BCUT2D eigenvalue weighted by Gasteiger charge is 2.28. The Morgan fingerprint density at radius 1 is 1.35 bits per heavy atom. The smallest absolute Gasteiger partial charge is 0.321 e. The van der Waals surface area contributed by atoms with E-state index in [4.69, 9.17) is 0 Å². The number of pyridine rings is 1. The molecule has 0 saturated heterocycles. The number of carbonyl (C=O) groups is 1. The second-order valence-corrected chi connectivity index (χ2v) is 6.52. The van der Waals surface area contributed by atoms with Crippen molar-refractivity contribution in [3.8, 4) is 0 Å². The van der Waals surface area contributed by atoms with Crippen LogP contribution in [-0.2, 0) is 0 Å². The third kappa shape index (κ3) is 5.24. The first-order valence-corrected chi connectivity index (χ1v) is 8.26. The average molecular weight is 405 g/mol. The number of hydrogen-bond donors (Lipinski definition) is 1. The van der Waals surface area contributed by atoms with Gasteiger partial charge in [-0.3, -0.25) is 4.79 Å². The number of anilines is 1. The predicted molar refractivity (Wildman–Crippen MR) is 87.8 cm³/mol. The van der Waals surface area contributed by atoms with E-state index in [0.29, 0.717) is 21.9 Å². The summed E-state index contributed by atoms with van der Waals surface area (Å²) in [6, 6.07) is 8.33. The van der Waals surface area contributed by atoms with Crippen LogP contribution in [0.5, 0.6) is 0 Å². The summed E-state index contributed by atoms with van der Waals surface area (Å²) in [5.74, 6) is -1.61. The number of aromatic nitrogens is 1. The van der Waals surface area contributed by atoms with Crippen LogP contribution in [0.25, 0.3) is 0 Å². The zero-order valence-corrected chi connectivity index (χ0v) is 14.3. The Kier molecular flexibility index (Phi) is 5.69. The lowest BCUT2D eigenvalue weighted by atomic mass is 10.2. The van der Waals surface area contributed by atoms with Crippen molar-refractivity contribution < 1.29 is 18.0 Å². The Morgan fingerprint density at radius 2 is 2.09 bits per heavy atom. The Bertz CT molecular complexity index is 722. The van der Waals surface area contributed by atoms with Crippen LogP contribution in [0, 0.1) is 6.92 Å². The van der Waals surface area contributed by atoms with E-state index in [1.807, 2.05) is 19.1 Å². The lowest BCUT2D eigenvalue weighted by Crippen LogP contribution is -2.16. The number of amides is 1. The standard InChI is InChI=1S/C15H12BrF3N2OS/c1-9-4-5-12(11(16)7-9)21-13(22)10-3-2-6-20-14(10)23-8-15(17,18)19/h2-7H,8H2,1H3,(H,21,22). The number of hydrogen-bond acceptors (Lipinski definition) is 3. The SMILES string of the molecule is Cc1ccc(NC(=O)c2cccnc2SCC(F)(F)F)c(Br)c1. The van der Waals surface area contributed by atoms with Gasteiger partial charge in [-0.15, -0.1) is 0 Å². The van der Waals surface area contributed by atoms with E-state index < -0.39 is 17.8 Å². The number of nitrogens with one attached hydrogen (secondary N) is 1. The second-order valence-electron chi connectivity index (χ2n) is 4.70. The maximum Gasteiger partial charge on any atom is 0.398 e. The van der Waals surface area contributed by atoms with Crippen molar-refractivity contribution in [3.05, 3.63) is 52.1 Å². The number of halogens is 4. The number of rotatable bonds is 4. The number of carbonyl (C=O) groups excluding carboxylic acids is 1. The van der Waals surface area contributed by atoms with Crippen molar-refractivity contribution >= 4 is 39.3 Å². The molecule has 0 aliphatic carbocycles. The summed E-state index contributed by atoms with van der Waals surface area (Å²) in [6.07, 6.45) is -2.97. The number of alkyl halides is 3. The third-order valence-electron chi connectivity index (χ3n) is 2.76. The Morgan fingerprint density at radius 3 is 2.74 bits per heavy atom. The van der Waals surface area contributed by atoms with Crippen molar-refractivity contribution in [2.75, 3.05) is 11.1 Å². The molecule has 0 radical (unpaired) electrons. The number of aryl methyl sites for hydroxylation is 1. The molecule has 0 unspecified atom stereocenters. The molecule has 2 rings (SSSR count). The lowest BCUT2D eigenvalue weighted by Gasteiger charge is -2.11. The monoisotopic (exact) mass is 404 g/mol. The van der Waals surface area contributed by atoms with E-state index in [1.54, 1.807) is 6.07 Å². The molecule has 8 heteroatoms. The lowest BCUT2D eigenvalue weighted by molar-refractivity contribution is -0.105. The Hall–Kier alpha value is -1.54. The van der Waals surface area contributed by atoms with Gasteiger partial charge in [-0.25, -0.2) is 4.98 Å². The van der Waals surface area contributed by atoms with Crippen LogP contribution in [0.15, 0.2) is 46.0 Å². The van der Waals surface area contributed by atoms with E-state index >= 15 is 0 Å². The van der Waals surface area contributed by atoms with Crippen LogP contribution in [0.4, 0.5) is 18.9 Å². The van der Waals surface area contributed by atoms with Crippen molar-refractivity contribution in [2.24, 2.45) is 0 Å². The van der Waals surface area contributed by atoms with Crippen LogP contribution in [-0.4, -0.2) is 22.8 Å². The molecule has 1 amide bonds. The summed E-state index contributed by atoms with van der Waals surface area (Å²) < 4.78 is 37.8. The van der Waals surface area contributed by atoms with Gasteiger partial charge in [-0.05, 0) is 52.7 Å². The third-order valence-corrected chi connectivity index (χ3v) is 4.49. The maximum absolute atomic E-state index is 12.4. The van der Waals surface area contributed by atoms with E-state index in [0.717, 1.165) is 5.56 Å². The molecule has 2 aromatic rings. The molecule has 0 fully saturated rings. The molecule has 1 aromatic heterocycles. The van der Waals surface area contributed by atoms with Gasteiger partial charge in [0, 0.05) is 10.7 Å². The molecule has 1 heterocycles. The van der Waals surface area contributed by atoms with Crippen LogP contribution in [0.2, 0.25) is 0 Å². The maximum atomic E-state index is 12.4. The first kappa shape index (κ1) is 17.8. The van der Waals surface area contributed by atoms with Gasteiger partial charge < -0.3 is 5.32 Å². The van der Waals surface area contributed by atoms with E-state index in [2.05, 4.69) is 26.2 Å². The fourth-order valence-corrected chi connectivity index (χ4v) is 3.08. The molecule has 122 valence electrons. The van der Waals surface area contributed by atoms with Crippen LogP contribution < -0.4 is 5.32 Å². The van der Waals surface area contributed by atoms with Crippen molar-refractivity contribution in [1.82, 2.24) is 4.98 Å². The topological polar surface area (TPSA) is 42.0 Å². The summed E-state index contributed by atoms with van der Waals surface area (Å²) in [6.45, 7) is 1.91. The molecule has 0 aliphatic rings. The first-order chi connectivity index (χ1) is 10.8. The average Bonchev–Trinajstić information content (AvgIpc) is 2.47. The molecule has 0 spiro atoms. The fraction of sp³-hybridized carbons (Fsp3) is 0.200. The van der Waals surface area contributed by atoms with Gasteiger partial charge in [-0.1, -0.05) is 17.8 Å². The zero-order chi connectivity index (χ0) is 17.0. The van der Waals surface area contributed by atoms with Crippen molar-refractivity contribution in [2.45, 2.75) is 18.1 Å². The molecule has 23 heavy (non-hydrogen) atoms. The van der Waals surface area contributed by atoms with Gasteiger partial charge in [0.25, 0.3) is 5.91 Å². The van der Waals surface area contributed by atoms with Crippen molar-refractivity contribution in [3.63, 3.8) is 0 Å². The summed E-state index contributed by atoms with van der Waals surface area (Å²) in [4.78, 5) is 16.2. The quantitative estimate of drug-likeness (QED) is 0.724. The molecular weight excluding hydrogens is 393 g/mol. The molecule has 0 saturated carbocycles. The number of benzene rings is 1. The first-order valence-electron chi connectivity index (χ1n) is 6.48. The summed E-state index contributed by atoms with van der Waals surface area (Å²) >= 11 is 3.83. The van der Waals surface area contributed by atoms with E-state index in [1.165, 1.54) is 18.3 Å². The van der Waals surface area contributed by atoms with Crippen LogP contribution >= 0.6 is 27.7 Å². The molecule has 1 aromatic carbocycles. The highest BCUT2D eigenvalue weighted by atomic mass is 79.9. The van der Waals surface area contributed by atoms with E-state index in [-0.39, 0.29) is 10.6 Å². The predicted octanol–water partition coefficient (Wildman–Crippen LogP) is 5.06. The minimum Gasteiger partial charge on any atom is -0.321 e. The molecule has 0 aliphatic heterocycles. The highest BCUT2D eigenvalue weighted by molar-refractivity contribution is 9.10. The van der Waals surface area contributed by atoms with Gasteiger partial charge >= 0.3 is 6.18 Å². The molecular formula is C15H12BrF3N2OS. The van der Waals surface area contributed by atoms with Gasteiger partial charge in [0.15, 0.2) is 0 Å². The van der Waals surface area contributed by atoms with Gasteiger partial charge in [0.05, 0.1) is 17.0 Å². The van der Waals surface area contributed by atoms with Crippen LogP contribution in [0.3, 0.4) is 0 Å². The second kappa shape index (κ2) is 7.35. The Labute approximate surface area is 143 Å². The normalized spacial score (nSPS) is 11.3. The molecule has 0 bridgehead atoms. The zero-order valence-electron chi connectivity index (χ0n) is 11.9. The van der Waals surface area contributed by atoms with Gasteiger partial charge in [0.2, 0.25) is 0 Å². The minimum absolute atomic E-state index is 0.0468. The van der Waals surface area contributed by atoms with Crippen molar-refractivity contribution in [1.29, 1.82) is 0 Å². The summed E-state index contributed by atoms with van der Waals surface area (Å²) in [5.41, 5.74) is 1.66. The number of nitrogens with zero attached hydrogens (tertiary/aromatic N) is 1.